The maximum atomic E-state index is 10.8. The molecule has 0 atom stereocenters. The molecule has 0 radical (unpaired) electrons. The maximum Gasteiger partial charge on any atom is 0.0712 e. The molecular weight excluding hydrogens is 258 g/mol. The third-order valence-electron chi connectivity index (χ3n) is 4.59. The summed E-state index contributed by atoms with van der Waals surface area (Å²) in [4.78, 5) is 2.49. The fourth-order valence-corrected chi connectivity index (χ4v) is 3.25. The Kier molecular flexibility index (Phi) is 5.45. The summed E-state index contributed by atoms with van der Waals surface area (Å²) in [7, 11) is 0. The summed E-state index contributed by atoms with van der Waals surface area (Å²) in [5.74, 6) is 1.28. The first-order valence-electron chi connectivity index (χ1n) is 8.41. The topological polar surface area (TPSA) is 23.5 Å². The third-order valence-corrected chi connectivity index (χ3v) is 4.59. The molecule has 1 aromatic carbocycles. The van der Waals surface area contributed by atoms with Crippen LogP contribution in [0.1, 0.15) is 57.6 Å². The summed E-state index contributed by atoms with van der Waals surface area (Å²) in [5.41, 5.74) is 2.13. The van der Waals surface area contributed by atoms with E-state index in [0.29, 0.717) is 11.8 Å². The summed E-state index contributed by atoms with van der Waals surface area (Å²) in [6.45, 7) is 12.2. The molecule has 0 spiro atoms. The van der Waals surface area contributed by atoms with Crippen LogP contribution < -0.4 is 0 Å². The molecular formula is C19H31NO. The second kappa shape index (κ2) is 6.93. The molecule has 0 unspecified atom stereocenters. The summed E-state index contributed by atoms with van der Waals surface area (Å²) >= 11 is 0. The number of aliphatic hydroxyl groups is 1. The van der Waals surface area contributed by atoms with E-state index in [9.17, 15) is 5.11 Å². The lowest BCUT2D eigenvalue weighted by Crippen LogP contribution is -2.46. The average molecular weight is 289 g/mol. The highest BCUT2D eigenvalue weighted by Gasteiger charge is 2.32. The van der Waals surface area contributed by atoms with E-state index in [2.05, 4.69) is 56.9 Å². The molecule has 1 aliphatic rings. The standard InChI is InChI=1S/C19H31NO/c1-15(2)14-20-11-9-19(21,10-12-20)13-17-5-7-18(8-6-17)16(3)4/h5-8,15-16,21H,9-14H2,1-4H3. The molecule has 2 rings (SSSR count). The molecule has 1 aliphatic heterocycles. The lowest BCUT2D eigenvalue weighted by atomic mass is 9.84. The number of benzene rings is 1. The fourth-order valence-electron chi connectivity index (χ4n) is 3.25. The lowest BCUT2D eigenvalue weighted by Gasteiger charge is -2.39. The molecule has 118 valence electrons. The van der Waals surface area contributed by atoms with Crippen LogP contribution >= 0.6 is 0 Å². The molecule has 0 amide bonds. The molecule has 0 aromatic heterocycles. The Morgan fingerprint density at radius 1 is 1.05 bits per heavy atom. The first kappa shape index (κ1) is 16.5. The minimum absolute atomic E-state index is 0.507. The molecule has 1 saturated heterocycles. The third kappa shape index (κ3) is 4.82. The van der Waals surface area contributed by atoms with E-state index in [1.54, 1.807) is 0 Å². The van der Waals surface area contributed by atoms with Crippen molar-refractivity contribution in [1.29, 1.82) is 0 Å². The van der Waals surface area contributed by atoms with E-state index in [-0.39, 0.29) is 0 Å². The van der Waals surface area contributed by atoms with Gasteiger partial charge in [-0.05, 0) is 35.8 Å². The monoisotopic (exact) mass is 289 g/mol. The second-order valence-corrected chi connectivity index (χ2v) is 7.49. The predicted octanol–water partition coefficient (Wildman–Crippen LogP) is 3.84. The van der Waals surface area contributed by atoms with Gasteiger partial charge in [-0.1, -0.05) is 52.0 Å². The van der Waals surface area contributed by atoms with Gasteiger partial charge in [0.25, 0.3) is 0 Å². The molecule has 21 heavy (non-hydrogen) atoms. The van der Waals surface area contributed by atoms with E-state index >= 15 is 0 Å². The zero-order valence-corrected chi connectivity index (χ0v) is 14.1. The number of rotatable bonds is 5. The number of likely N-dealkylation sites (tertiary alicyclic amines) is 1. The Morgan fingerprint density at radius 2 is 1.62 bits per heavy atom. The molecule has 1 heterocycles. The molecule has 1 N–H and O–H groups in total. The van der Waals surface area contributed by atoms with Crippen molar-refractivity contribution in [2.24, 2.45) is 5.92 Å². The molecule has 1 fully saturated rings. The summed E-state index contributed by atoms with van der Waals surface area (Å²) in [6.07, 6.45) is 2.58. The van der Waals surface area contributed by atoms with Gasteiger partial charge in [-0.3, -0.25) is 0 Å². The van der Waals surface area contributed by atoms with Crippen LogP contribution in [0.2, 0.25) is 0 Å². The summed E-state index contributed by atoms with van der Waals surface area (Å²) < 4.78 is 0. The van der Waals surface area contributed by atoms with Gasteiger partial charge in [-0.15, -0.1) is 0 Å². The highest BCUT2D eigenvalue weighted by Crippen LogP contribution is 2.27. The summed E-state index contributed by atoms with van der Waals surface area (Å²) in [5, 5.41) is 10.8. The van der Waals surface area contributed by atoms with E-state index in [4.69, 9.17) is 0 Å². The molecule has 0 bridgehead atoms. The zero-order valence-electron chi connectivity index (χ0n) is 14.1. The number of hydrogen-bond donors (Lipinski definition) is 1. The van der Waals surface area contributed by atoms with Crippen LogP contribution in [0.25, 0.3) is 0 Å². The molecule has 0 saturated carbocycles. The highest BCUT2D eigenvalue weighted by molar-refractivity contribution is 5.26. The van der Waals surface area contributed by atoms with E-state index in [1.165, 1.54) is 11.1 Å². The van der Waals surface area contributed by atoms with Crippen LogP contribution in [-0.2, 0) is 6.42 Å². The van der Waals surface area contributed by atoms with Gasteiger partial charge in [-0.25, -0.2) is 0 Å². The first-order chi connectivity index (χ1) is 9.88. The van der Waals surface area contributed by atoms with Crippen molar-refractivity contribution in [3.63, 3.8) is 0 Å². The van der Waals surface area contributed by atoms with Crippen LogP contribution in [0.5, 0.6) is 0 Å². The van der Waals surface area contributed by atoms with Crippen molar-refractivity contribution in [2.75, 3.05) is 19.6 Å². The Labute approximate surface area is 130 Å². The quantitative estimate of drug-likeness (QED) is 0.890. The van der Waals surface area contributed by atoms with Gasteiger partial charge >= 0.3 is 0 Å². The van der Waals surface area contributed by atoms with Crippen molar-refractivity contribution in [3.8, 4) is 0 Å². The van der Waals surface area contributed by atoms with Gasteiger partial charge in [0, 0.05) is 26.1 Å². The second-order valence-electron chi connectivity index (χ2n) is 7.49. The fraction of sp³-hybridized carbons (Fsp3) is 0.684. The first-order valence-corrected chi connectivity index (χ1v) is 8.41. The van der Waals surface area contributed by atoms with Crippen LogP contribution in [-0.4, -0.2) is 35.2 Å². The van der Waals surface area contributed by atoms with Crippen molar-refractivity contribution < 1.29 is 5.11 Å². The van der Waals surface area contributed by atoms with Gasteiger partial charge < -0.3 is 10.0 Å². The van der Waals surface area contributed by atoms with Crippen LogP contribution in [0.4, 0.5) is 0 Å². The highest BCUT2D eigenvalue weighted by atomic mass is 16.3. The lowest BCUT2D eigenvalue weighted by molar-refractivity contribution is -0.0227. The molecule has 2 heteroatoms. The molecule has 1 aromatic rings. The minimum atomic E-state index is -0.507. The maximum absolute atomic E-state index is 10.8. The van der Waals surface area contributed by atoms with Crippen molar-refractivity contribution in [3.05, 3.63) is 35.4 Å². The Bertz CT molecular complexity index is 427. The largest absolute Gasteiger partial charge is 0.389 e. The van der Waals surface area contributed by atoms with Crippen molar-refractivity contribution >= 4 is 0 Å². The van der Waals surface area contributed by atoms with Crippen molar-refractivity contribution in [2.45, 2.75) is 58.5 Å². The van der Waals surface area contributed by atoms with Gasteiger partial charge in [0.1, 0.15) is 0 Å². The normalized spacial score (nSPS) is 19.4. The average Bonchev–Trinajstić information content (AvgIpc) is 2.42. The number of piperidine rings is 1. The SMILES string of the molecule is CC(C)CN1CCC(O)(Cc2ccc(C(C)C)cc2)CC1. The van der Waals surface area contributed by atoms with E-state index in [1.807, 2.05) is 0 Å². The smallest absolute Gasteiger partial charge is 0.0712 e. The van der Waals surface area contributed by atoms with Gasteiger partial charge in [0.2, 0.25) is 0 Å². The minimum Gasteiger partial charge on any atom is -0.389 e. The number of nitrogens with zero attached hydrogens (tertiary/aromatic N) is 1. The van der Waals surface area contributed by atoms with Crippen LogP contribution in [0.15, 0.2) is 24.3 Å². The van der Waals surface area contributed by atoms with Crippen LogP contribution in [0.3, 0.4) is 0 Å². The van der Waals surface area contributed by atoms with Gasteiger partial charge in [0.05, 0.1) is 5.60 Å². The summed E-state index contributed by atoms with van der Waals surface area (Å²) in [6, 6.07) is 8.79. The molecule has 0 aliphatic carbocycles. The van der Waals surface area contributed by atoms with Crippen molar-refractivity contribution in [1.82, 2.24) is 4.90 Å². The number of hydrogen-bond acceptors (Lipinski definition) is 2. The van der Waals surface area contributed by atoms with Gasteiger partial charge in [0.15, 0.2) is 0 Å². The predicted molar refractivity (Wildman–Crippen MR) is 89.7 cm³/mol. The van der Waals surface area contributed by atoms with E-state index in [0.717, 1.165) is 38.9 Å². The zero-order chi connectivity index (χ0) is 15.5. The van der Waals surface area contributed by atoms with E-state index < -0.39 is 5.60 Å². The van der Waals surface area contributed by atoms with Crippen LogP contribution in [0, 0.1) is 5.92 Å². The Balaban J connectivity index is 1.90. The Hall–Kier alpha value is -0.860. The Morgan fingerprint density at radius 3 is 2.10 bits per heavy atom. The molecule has 2 nitrogen and oxygen atoms in total. The van der Waals surface area contributed by atoms with Gasteiger partial charge in [-0.2, -0.15) is 0 Å².